The van der Waals surface area contributed by atoms with Crippen molar-refractivity contribution in [3.8, 4) is 89.8 Å². The molecule has 13 rings (SSSR count). The normalized spacial score (nSPS) is 15.5. The second kappa shape index (κ2) is 13.7. The molecule has 10 aromatic rings. The molecule has 3 heteroatoms. The first-order valence-electron chi connectivity index (χ1n) is 22.2. The standard InChI is InChI=1S/C61H41N3/c1-60(2)51-29-14-11-27-46(51)49-37-56-50(36-54(49)60)47-28-13-16-31-53(47)61(56)52-30-15-12-26-45(52)43-24-9-10-25-44(43)48-33-32-42(35-55(48)61)59-63-57(39-20-7-4-8-21-39)62-58(64-59)41-23-17-22-40(34-41)38-18-5-3-6-19-38/h3-37H,1-2H3. The van der Waals surface area contributed by atoms with Crippen molar-refractivity contribution >= 4 is 0 Å². The lowest BCUT2D eigenvalue weighted by Crippen LogP contribution is -2.29. The Bertz CT molecular complexity index is 3530. The van der Waals surface area contributed by atoms with Gasteiger partial charge in [0.25, 0.3) is 0 Å². The molecule has 300 valence electrons. The molecule has 3 aliphatic rings. The minimum Gasteiger partial charge on any atom is -0.208 e. The van der Waals surface area contributed by atoms with Crippen LogP contribution >= 0.6 is 0 Å². The topological polar surface area (TPSA) is 38.7 Å². The second-order valence-electron chi connectivity index (χ2n) is 17.9. The van der Waals surface area contributed by atoms with E-state index in [0.717, 1.165) is 27.8 Å². The van der Waals surface area contributed by atoms with Gasteiger partial charge in [-0.25, -0.2) is 15.0 Å². The third-order valence-corrected chi connectivity index (χ3v) is 14.2. The number of rotatable bonds is 4. The van der Waals surface area contributed by atoms with Gasteiger partial charge in [-0.15, -0.1) is 0 Å². The van der Waals surface area contributed by atoms with E-state index in [4.69, 9.17) is 15.0 Å². The highest BCUT2D eigenvalue weighted by molar-refractivity contribution is 5.99. The Morgan fingerprint density at radius 1 is 0.250 bits per heavy atom. The Balaban J connectivity index is 1.12. The summed E-state index contributed by atoms with van der Waals surface area (Å²) in [6, 6.07) is 77.5. The summed E-state index contributed by atoms with van der Waals surface area (Å²) in [5.41, 5.74) is 22.2. The van der Waals surface area contributed by atoms with E-state index in [1.54, 1.807) is 0 Å². The van der Waals surface area contributed by atoms with Crippen molar-refractivity contribution in [2.45, 2.75) is 24.7 Å². The van der Waals surface area contributed by atoms with Gasteiger partial charge in [0, 0.05) is 22.1 Å². The van der Waals surface area contributed by atoms with E-state index >= 15 is 0 Å². The van der Waals surface area contributed by atoms with Crippen LogP contribution in [0.15, 0.2) is 212 Å². The first kappa shape index (κ1) is 36.6. The van der Waals surface area contributed by atoms with Crippen LogP contribution in [0.25, 0.3) is 89.8 Å². The number of hydrogen-bond acceptors (Lipinski definition) is 3. The van der Waals surface area contributed by atoms with Gasteiger partial charge in [0.05, 0.1) is 5.41 Å². The van der Waals surface area contributed by atoms with Crippen LogP contribution < -0.4 is 0 Å². The lowest BCUT2D eigenvalue weighted by Gasteiger charge is -2.36. The number of benzene rings is 9. The monoisotopic (exact) mass is 815 g/mol. The molecule has 0 fully saturated rings. The molecule has 1 aromatic heterocycles. The summed E-state index contributed by atoms with van der Waals surface area (Å²) in [4.78, 5) is 15.8. The van der Waals surface area contributed by atoms with Crippen LogP contribution in [0, 0.1) is 0 Å². The molecular weight excluding hydrogens is 775 g/mol. The molecule has 3 aliphatic carbocycles. The van der Waals surface area contributed by atoms with Gasteiger partial charge in [-0.05, 0) is 113 Å². The Morgan fingerprint density at radius 3 is 1.30 bits per heavy atom. The fraction of sp³-hybridized carbons (Fsp3) is 0.0656. The summed E-state index contributed by atoms with van der Waals surface area (Å²) in [6.07, 6.45) is 0. The van der Waals surface area contributed by atoms with Gasteiger partial charge in [0.15, 0.2) is 17.5 Å². The number of hydrogen-bond donors (Lipinski definition) is 0. The predicted molar refractivity (Wildman–Crippen MR) is 261 cm³/mol. The fourth-order valence-corrected chi connectivity index (χ4v) is 11.2. The van der Waals surface area contributed by atoms with Gasteiger partial charge in [-0.1, -0.05) is 202 Å². The van der Waals surface area contributed by atoms with Gasteiger partial charge < -0.3 is 0 Å². The highest BCUT2D eigenvalue weighted by Crippen LogP contribution is 2.64. The van der Waals surface area contributed by atoms with Crippen molar-refractivity contribution in [2.24, 2.45) is 0 Å². The van der Waals surface area contributed by atoms with Crippen molar-refractivity contribution in [3.63, 3.8) is 0 Å². The molecule has 0 saturated heterocycles. The van der Waals surface area contributed by atoms with E-state index in [1.165, 1.54) is 77.9 Å². The van der Waals surface area contributed by atoms with Crippen LogP contribution in [-0.2, 0) is 10.8 Å². The second-order valence-corrected chi connectivity index (χ2v) is 17.9. The first-order valence-corrected chi connectivity index (χ1v) is 22.2. The van der Waals surface area contributed by atoms with E-state index in [-0.39, 0.29) is 5.41 Å². The minimum absolute atomic E-state index is 0.137. The average molecular weight is 816 g/mol. The van der Waals surface area contributed by atoms with Gasteiger partial charge in [0.2, 0.25) is 0 Å². The Labute approximate surface area is 373 Å². The Morgan fingerprint density at radius 2 is 0.656 bits per heavy atom. The molecule has 1 atom stereocenters. The lowest BCUT2D eigenvalue weighted by molar-refractivity contribution is 0.660. The minimum atomic E-state index is -0.675. The summed E-state index contributed by atoms with van der Waals surface area (Å²) in [5, 5.41) is 0. The fourth-order valence-electron chi connectivity index (χ4n) is 11.2. The SMILES string of the molecule is CC1(C)c2ccccc2-c2cc3c(cc21)-c1ccccc1C31c2ccccc2-c2ccccc2-c2ccc(-c3nc(-c4ccccc4)nc(-c4cccc(-c5ccccc5)c4)n3)cc21. The summed E-state index contributed by atoms with van der Waals surface area (Å²) in [7, 11) is 0. The van der Waals surface area contributed by atoms with E-state index in [0.29, 0.717) is 17.5 Å². The third-order valence-electron chi connectivity index (χ3n) is 14.2. The van der Waals surface area contributed by atoms with Crippen LogP contribution in [0.3, 0.4) is 0 Å². The third kappa shape index (κ3) is 5.19. The van der Waals surface area contributed by atoms with Crippen LogP contribution in [0.1, 0.15) is 47.2 Å². The quantitative estimate of drug-likeness (QED) is 0.178. The van der Waals surface area contributed by atoms with Crippen molar-refractivity contribution < 1.29 is 0 Å². The maximum atomic E-state index is 5.36. The zero-order valence-corrected chi connectivity index (χ0v) is 35.5. The highest BCUT2D eigenvalue weighted by Gasteiger charge is 2.51. The molecule has 3 nitrogen and oxygen atoms in total. The molecule has 1 heterocycles. The van der Waals surface area contributed by atoms with Crippen molar-refractivity contribution in [2.75, 3.05) is 0 Å². The highest BCUT2D eigenvalue weighted by atomic mass is 15.0. The Kier molecular flexibility index (Phi) is 7.87. The number of fused-ring (bicyclic) bond motifs is 15. The van der Waals surface area contributed by atoms with E-state index in [9.17, 15) is 0 Å². The molecule has 0 radical (unpaired) electrons. The molecule has 1 spiro atoms. The van der Waals surface area contributed by atoms with Crippen molar-refractivity contribution in [1.29, 1.82) is 0 Å². The predicted octanol–water partition coefficient (Wildman–Crippen LogP) is 14.9. The van der Waals surface area contributed by atoms with Gasteiger partial charge in [-0.3, -0.25) is 0 Å². The van der Waals surface area contributed by atoms with Gasteiger partial charge in [0.1, 0.15) is 0 Å². The molecule has 64 heavy (non-hydrogen) atoms. The summed E-state index contributed by atoms with van der Waals surface area (Å²) in [5.74, 6) is 1.91. The molecule has 0 aliphatic heterocycles. The first-order chi connectivity index (χ1) is 31.5. The van der Waals surface area contributed by atoms with E-state index < -0.39 is 5.41 Å². The Hall–Kier alpha value is -8.01. The van der Waals surface area contributed by atoms with Crippen molar-refractivity contribution in [3.05, 3.63) is 246 Å². The van der Waals surface area contributed by atoms with Gasteiger partial charge >= 0.3 is 0 Å². The average Bonchev–Trinajstić information content (AvgIpc) is 3.73. The van der Waals surface area contributed by atoms with Crippen molar-refractivity contribution in [1.82, 2.24) is 15.0 Å². The zero-order chi connectivity index (χ0) is 42.6. The smallest absolute Gasteiger partial charge is 0.164 e. The number of nitrogens with zero attached hydrogens (tertiary/aromatic N) is 3. The van der Waals surface area contributed by atoms with Crippen LogP contribution in [-0.4, -0.2) is 15.0 Å². The van der Waals surface area contributed by atoms with Crippen LogP contribution in [0.4, 0.5) is 0 Å². The molecular formula is C61H41N3. The zero-order valence-electron chi connectivity index (χ0n) is 35.5. The summed E-state index contributed by atoms with van der Waals surface area (Å²) in [6.45, 7) is 4.76. The van der Waals surface area contributed by atoms with E-state index in [2.05, 4.69) is 208 Å². The maximum Gasteiger partial charge on any atom is 0.164 e. The largest absolute Gasteiger partial charge is 0.208 e. The van der Waals surface area contributed by atoms with Crippen LogP contribution in [0.2, 0.25) is 0 Å². The molecule has 1 unspecified atom stereocenters. The summed E-state index contributed by atoms with van der Waals surface area (Å²) < 4.78 is 0. The summed E-state index contributed by atoms with van der Waals surface area (Å²) >= 11 is 0. The molecule has 0 N–H and O–H groups in total. The van der Waals surface area contributed by atoms with Gasteiger partial charge in [-0.2, -0.15) is 0 Å². The molecule has 0 bridgehead atoms. The molecule has 0 saturated carbocycles. The lowest BCUT2D eigenvalue weighted by atomic mass is 9.65. The molecule has 0 amide bonds. The molecule has 9 aromatic carbocycles. The van der Waals surface area contributed by atoms with Crippen LogP contribution in [0.5, 0.6) is 0 Å². The maximum absolute atomic E-state index is 5.36. The number of aromatic nitrogens is 3. The van der Waals surface area contributed by atoms with E-state index in [1.807, 2.05) is 18.2 Å².